The van der Waals surface area contributed by atoms with E-state index in [1.54, 1.807) is 19.1 Å². The van der Waals surface area contributed by atoms with Gasteiger partial charge < -0.3 is 14.2 Å². The Kier molecular flexibility index (Phi) is 4.85. The molecular weight excluding hydrogens is 359 g/mol. The van der Waals surface area contributed by atoms with Crippen LogP contribution in [0.3, 0.4) is 0 Å². The maximum absolute atomic E-state index is 11.7. The van der Waals surface area contributed by atoms with E-state index in [9.17, 15) is 9.67 Å². The monoisotopic (exact) mass is 378 g/mol. The lowest BCUT2D eigenvalue weighted by molar-refractivity contribution is 0.298. The fraction of sp³-hybridized carbons (Fsp3) is 0.0909. The summed E-state index contributed by atoms with van der Waals surface area (Å²) in [4.78, 5) is 0. The maximum atomic E-state index is 11.7. The molecule has 0 heterocycles. The van der Waals surface area contributed by atoms with E-state index in [1.165, 1.54) is 5.39 Å². The zero-order chi connectivity index (χ0) is 18.8. The van der Waals surface area contributed by atoms with E-state index in [0.717, 1.165) is 27.3 Å². The summed E-state index contributed by atoms with van der Waals surface area (Å²) in [5.74, 6) is 0.0870. The van der Waals surface area contributed by atoms with Crippen LogP contribution in [0.2, 0.25) is 0 Å². The summed E-state index contributed by atoms with van der Waals surface area (Å²) >= 11 is 0. The van der Waals surface area contributed by atoms with Crippen molar-refractivity contribution in [3.63, 3.8) is 0 Å². The van der Waals surface area contributed by atoms with E-state index in [0.29, 0.717) is 6.61 Å². The van der Waals surface area contributed by atoms with Crippen LogP contribution in [0.1, 0.15) is 6.92 Å². The molecule has 0 fully saturated rings. The van der Waals surface area contributed by atoms with E-state index in [1.807, 2.05) is 30.3 Å². The Morgan fingerprint density at radius 2 is 1.59 bits per heavy atom. The zero-order valence-corrected chi connectivity index (χ0v) is 15.8. The van der Waals surface area contributed by atoms with Crippen LogP contribution >= 0.6 is 8.25 Å². The number of benzene rings is 4. The topological polar surface area (TPSA) is 55.8 Å². The normalized spacial score (nSPS) is 12.3. The molecule has 1 atom stereocenters. The van der Waals surface area contributed by atoms with Crippen molar-refractivity contribution in [3.05, 3.63) is 72.8 Å². The van der Waals surface area contributed by atoms with Crippen molar-refractivity contribution in [1.82, 2.24) is 0 Å². The molecule has 0 saturated heterocycles. The summed E-state index contributed by atoms with van der Waals surface area (Å²) in [6.07, 6.45) is 0. The van der Waals surface area contributed by atoms with Crippen molar-refractivity contribution < 1.29 is 18.7 Å². The van der Waals surface area contributed by atoms with Gasteiger partial charge in [-0.2, -0.15) is 0 Å². The summed E-state index contributed by atoms with van der Waals surface area (Å²) in [6, 6.07) is 23.7. The first-order valence-corrected chi connectivity index (χ1v) is 9.98. The number of hydrogen-bond acceptors (Lipinski definition) is 4. The molecular formula is C22H19O4P. The summed E-state index contributed by atoms with van der Waals surface area (Å²) < 4.78 is 21.8. The van der Waals surface area contributed by atoms with Gasteiger partial charge in [-0.15, -0.1) is 0 Å². The quantitative estimate of drug-likeness (QED) is 0.333. The largest absolute Gasteiger partial charge is 0.504 e. The van der Waals surface area contributed by atoms with Gasteiger partial charge in [-0.05, 0) is 57.8 Å². The third kappa shape index (κ3) is 3.42. The predicted molar refractivity (Wildman–Crippen MR) is 110 cm³/mol. The molecule has 4 nitrogen and oxygen atoms in total. The first kappa shape index (κ1) is 17.6. The van der Waals surface area contributed by atoms with Crippen molar-refractivity contribution in [3.8, 4) is 22.6 Å². The second kappa shape index (κ2) is 7.43. The van der Waals surface area contributed by atoms with Crippen molar-refractivity contribution in [2.75, 3.05) is 6.61 Å². The molecule has 0 spiro atoms. The van der Waals surface area contributed by atoms with Crippen LogP contribution in [0.15, 0.2) is 72.8 Å². The van der Waals surface area contributed by atoms with Gasteiger partial charge in [-0.1, -0.05) is 54.6 Å². The zero-order valence-electron chi connectivity index (χ0n) is 14.8. The van der Waals surface area contributed by atoms with Gasteiger partial charge >= 0.3 is 8.25 Å². The standard InChI is InChI=1S/C22H19O4P/c1-2-25-27(24)26-22-12-11-16(14-21(22)23)20-13-15-7-3-4-8-17(15)18-9-5-6-10-19(18)20/h3-14,23,27H,2H2,1H3. The molecule has 0 aromatic heterocycles. The Morgan fingerprint density at radius 3 is 2.33 bits per heavy atom. The summed E-state index contributed by atoms with van der Waals surface area (Å²) in [5.41, 5.74) is 1.88. The Bertz CT molecular complexity index is 1150. The lowest BCUT2D eigenvalue weighted by atomic mass is 9.93. The number of hydrogen-bond donors (Lipinski definition) is 1. The highest BCUT2D eigenvalue weighted by Gasteiger charge is 2.12. The lowest BCUT2D eigenvalue weighted by Crippen LogP contribution is -1.88. The van der Waals surface area contributed by atoms with Gasteiger partial charge in [-0.25, -0.2) is 4.57 Å². The molecule has 0 saturated carbocycles. The van der Waals surface area contributed by atoms with Crippen molar-refractivity contribution in [2.45, 2.75) is 6.92 Å². The molecule has 5 heteroatoms. The van der Waals surface area contributed by atoms with Gasteiger partial charge in [0.1, 0.15) is 0 Å². The highest BCUT2D eigenvalue weighted by Crippen LogP contribution is 2.40. The third-order valence-corrected chi connectivity index (χ3v) is 5.40. The van der Waals surface area contributed by atoms with E-state index in [4.69, 9.17) is 9.05 Å². The van der Waals surface area contributed by atoms with Gasteiger partial charge in [0.15, 0.2) is 11.5 Å². The van der Waals surface area contributed by atoms with Gasteiger partial charge in [-0.3, -0.25) is 0 Å². The Balaban J connectivity index is 1.84. The van der Waals surface area contributed by atoms with Crippen LogP contribution < -0.4 is 4.52 Å². The van der Waals surface area contributed by atoms with E-state index < -0.39 is 8.25 Å². The van der Waals surface area contributed by atoms with Crippen molar-refractivity contribution in [2.24, 2.45) is 0 Å². The second-order valence-corrected chi connectivity index (χ2v) is 7.15. The smallest absolute Gasteiger partial charge is 0.367 e. The van der Waals surface area contributed by atoms with E-state index in [2.05, 4.69) is 30.3 Å². The van der Waals surface area contributed by atoms with Gasteiger partial charge in [0.2, 0.25) is 0 Å². The number of phenolic OH excluding ortho intramolecular Hbond substituents is 1. The SMILES string of the molecule is CCO[PH](=O)Oc1ccc(-c2cc3ccccc3c3ccccc23)cc1O. The summed E-state index contributed by atoms with van der Waals surface area (Å²) in [5, 5.41) is 14.9. The fourth-order valence-corrected chi connectivity index (χ4v) is 3.95. The molecule has 27 heavy (non-hydrogen) atoms. The summed E-state index contributed by atoms with van der Waals surface area (Å²) in [6.45, 7) is 2.03. The molecule has 0 aliphatic heterocycles. The van der Waals surface area contributed by atoms with Crippen LogP contribution in [-0.4, -0.2) is 11.7 Å². The minimum Gasteiger partial charge on any atom is -0.504 e. The Hall–Kier alpha value is -2.81. The van der Waals surface area contributed by atoms with Gasteiger partial charge in [0.25, 0.3) is 0 Å². The molecule has 0 radical (unpaired) electrons. The predicted octanol–water partition coefficient (Wildman–Crippen LogP) is 6.17. The molecule has 4 aromatic rings. The van der Waals surface area contributed by atoms with Crippen LogP contribution in [0.4, 0.5) is 0 Å². The second-order valence-electron chi connectivity index (χ2n) is 6.16. The fourth-order valence-electron chi connectivity index (χ4n) is 3.30. The highest BCUT2D eigenvalue weighted by molar-refractivity contribution is 7.33. The molecule has 0 aliphatic carbocycles. The van der Waals surface area contributed by atoms with Crippen LogP contribution in [-0.2, 0) is 9.09 Å². The van der Waals surface area contributed by atoms with Gasteiger partial charge in [0.05, 0.1) is 6.61 Å². The minimum atomic E-state index is -2.66. The number of rotatable bonds is 5. The first-order chi connectivity index (χ1) is 13.2. The Morgan fingerprint density at radius 1 is 0.889 bits per heavy atom. The number of fused-ring (bicyclic) bond motifs is 3. The minimum absolute atomic E-state index is 0.0669. The molecule has 4 rings (SSSR count). The lowest BCUT2D eigenvalue weighted by Gasteiger charge is -2.13. The molecule has 1 unspecified atom stereocenters. The molecule has 0 aliphatic rings. The summed E-state index contributed by atoms with van der Waals surface area (Å²) in [7, 11) is -2.66. The van der Waals surface area contributed by atoms with E-state index >= 15 is 0 Å². The van der Waals surface area contributed by atoms with Gasteiger partial charge in [0, 0.05) is 0 Å². The highest BCUT2D eigenvalue weighted by atomic mass is 31.1. The van der Waals surface area contributed by atoms with Crippen molar-refractivity contribution in [1.29, 1.82) is 0 Å². The van der Waals surface area contributed by atoms with Crippen molar-refractivity contribution >= 4 is 29.8 Å². The van der Waals surface area contributed by atoms with Crippen LogP contribution in [0.25, 0.3) is 32.7 Å². The maximum Gasteiger partial charge on any atom is 0.367 e. The van der Waals surface area contributed by atoms with Crippen LogP contribution in [0, 0.1) is 0 Å². The molecule has 0 amide bonds. The molecule has 1 N–H and O–H groups in total. The van der Waals surface area contributed by atoms with Crippen LogP contribution in [0.5, 0.6) is 11.5 Å². The van der Waals surface area contributed by atoms with E-state index in [-0.39, 0.29) is 11.5 Å². The number of phenols is 1. The average Bonchev–Trinajstić information content (AvgIpc) is 2.69. The molecule has 0 bridgehead atoms. The average molecular weight is 378 g/mol. The Labute approximate surface area is 157 Å². The number of aromatic hydroxyl groups is 1. The first-order valence-electron chi connectivity index (χ1n) is 8.76. The third-order valence-electron chi connectivity index (χ3n) is 4.49. The molecule has 4 aromatic carbocycles. The molecule has 136 valence electrons.